The predicted octanol–water partition coefficient (Wildman–Crippen LogP) is 2.83. The third-order valence-corrected chi connectivity index (χ3v) is 3.67. The van der Waals surface area contributed by atoms with Crippen LogP contribution in [0.5, 0.6) is 5.75 Å². The van der Waals surface area contributed by atoms with Gasteiger partial charge in [0.2, 0.25) is 0 Å². The Balaban J connectivity index is 2.97. The van der Waals surface area contributed by atoms with Gasteiger partial charge in [0.1, 0.15) is 24.6 Å². The van der Waals surface area contributed by atoms with Crippen LogP contribution in [-0.2, 0) is 0 Å². The molecule has 7 nitrogen and oxygen atoms in total. The first-order chi connectivity index (χ1) is 14.3. The van der Waals surface area contributed by atoms with E-state index in [1.165, 1.54) is 14.0 Å². The van der Waals surface area contributed by atoms with E-state index < -0.39 is 30.6 Å². The fraction of sp³-hybridized carbons (Fsp3) is 0.375. The highest BCUT2D eigenvalue weighted by molar-refractivity contribution is 7.80. The maximum absolute atomic E-state index is 12.3. The van der Waals surface area contributed by atoms with Crippen molar-refractivity contribution >= 4 is 46.1 Å². The van der Waals surface area contributed by atoms with E-state index in [2.05, 4.69) is 21.1 Å². The van der Waals surface area contributed by atoms with E-state index in [1.807, 2.05) is 10.6 Å². The third-order valence-electron chi connectivity index (χ3n) is 3.20. The molecule has 1 rings (SSSR count). The van der Waals surface area contributed by atoms with Gasteiger partial charge in [-0.05, 0) is 55.6 Å². The maximum Gasteiger partial charge on any atom is 0.405 e. The lowest BCUT2D eigenvalue weighted by Gasteiger charge is -2.13. The van der Waals surface area contributed by atoms with Gasteiger partial charge in [-0.1, -0.05) is 0 Å². The number of alkyl halides is 6. The van der Waals surface area contributed by atoms with Gasteiger partial charge in [-0.25, -0.2) is 0 Å². The van der Waals surface area contributed by atoms with Crippen molar-refractivity contribution in [2.45, 2.75) is 19.3 Å². The zero-order valence-electron chi connectivity index (χ0n) is 16.1. The molecular weight excluding hydrogens is 470 g/mol. The van der Waals surface area contributed by atoms with Crippen LogP contribution in [0.25, 0.3) is 0 Å². The molecule has 0 radical (unpaired) electrons. The minimum atomic E-state index is -4.48. The van der Waals surface area contributed by atoms with Gasteiger partial charge in [0.15, 0.2) is 10.2 Å². The molecule has 0 unspecified atom stereocenters. The molecule has 0 aromatic heterocycles. The Hall–Kier alpha value is -2.68. The number of methoxy groups -OCH3 is 1. The number of hydrogen-bond acceptors (Lipinski definition) is 5. The smallest absolute Gasteiger partial charge is 0.405 e. The van der Waals surface area contributed by atoms with Gasteiger partial charge in [-0.2, -0.15) is 36.5 Å². The lowest BCUT2D eigenvalue weighted by atomic mass is 10.1. The molecule has 0 heterocycles. The molecule has 172 valence electrons. The molecule has 0 fully saturated rings. The number of nitrogens with zero attached hydrogens (tertiary/aromatic N) is 2. The average Bonchev–Trinajstić information content (AvgIpc) is 2.68. The Kier molecular flexibility index (Phi) is 9.90. The monoisotopic (exact) mass is 488 g/mol. The number of hydrogen-bond donors (Lipinski definition) is 4. The van der Waals surface area contributed by atoms with Gasteiger partial charge >= 0.3 is 12.4 Å². The van der Waals surface area contributed by atoms with E-state index >= 15 is 0 Å². The Labute approximate surface area is 184 Å². The Bertz CT molecular complexity index is 823. The number of benzene rings is 1. The fourth-order valence-corrected chi connectivity index (χ4v) is 2.07. The first-order valence-corrected chi connectivity index (χ1v) is 9.10. The lowest BCUT2D eigenvalue weighted by Crippen LogP contribution is -2.40. The molecule has 15 heteroatoms. The van der Waals surface area contributed by atoms with E-state index in [1.54, 1.807) is 24.3 Å². The fourth-order valence-electron chi connectivity index (χ4n) is 1.84. The second-order valence-corrected chi connectivity index (χ2v) is 6.52. The summed E-state index contributed by atoms with van der Waals surface area (Å²) in [7, 11) is 1.46. The largest absolute Gasteiger partial charge is 0.497 e. The molecule has 0 saturated carbocycles. The molecule has 0 saturated heterocycles. The van der Waals surface area contributed by atoms with Gasteiger partial charge < -0.3 is 15.4 Å². The standard InChI is InChI=1S/C16H18F6N6OS2/c1-9(25-27-13(30)23-7-15(17,18)19)12(10-3-5-11(29-2)6-4-10)26-28-14(31)24-8-16(20,21)22/h3-6H,7-8H2,1-2H3,(H2,23,27,30)(H2,24,28,31)/b25-9+,26-12-. The molecule has 0 spiro atoms. The first kappa shape index (κ1) is 26.4. The Morgan fingerprint density at radius 2 is 1.32 bits per heavy atom. The maximum atomic E-state index is 12.3. The normalized spacial score (nSPS) is 12.8. The van der Waals surface area contributed by atoms with E-state index in [4.69, 9.17) is 29.2 Å². The number of nitrogens with one attached hydrogen (secondary N) is 4. The first-order valence-electron chi connectivity index (χ1n) is 8.28. The van der Waals surface area contributed by atoms with Crippen molar-refractivity contribution in [3.63, 3.8) is 0 Å². The van der Waals surface area contributed by atoms with E-state index in [-0.39, 0.29) is 16.5 Å². The molecule has 4 N–H and O–H groups in total. The Morgan fingerprint density at radius 3 is 1.74 bits per heavy atom. The number of thiocarbonyl (C=S) groups is 2. The highest BCUT2D eigenvalue weighted by atomic mass is 32.1. The van der Waals surface area contributed by atoms with Gasteiger partial charge in [-0.3, -0.25) is 10.9 Å². The quantitative estimate of drug-likeness (QED) is 0.203. The lowest BCUT2D eigenvalue weighted by molar-refractivity contribution is -0.122. The van der Waals surface area contributed by atoms with Crippen LogP contribution in [0.3, 0.4) is 0 Å². The third kappa shape index (κ3) is 11.3. The highest BCUT2D eigenvalue weighted by Gasteiger charge is 2.27. The zero-order chi connectivity index (χ0) is 23.7. The summed E-state index contributed by atoms with van der Waals surface area (Å²) in [4.78, 5) is 0. The number of rotatable bonds is 7. The highest BCUT2D eigenvalue weighted by Crippen LogP contribution is 2.14. The summed E-state index contributed by atoms with van der Waals surface area (Å²) in [6, 6.07) is 6.37. The Morgan fingerprint density at radius 1 is 0.871 bits per heavy atom. The van der Waals surface area contributed by atoms with E-state index in [0.29, 0.717) is 11.3 Å². The average molecular weight is 488 g/mol. The van der Waals surface area contributed by atoms with Gasteiger partial charge in [0, 0.05) is 5.56 Å². The molecule has 0 amide bonds. The minimum absolute atomic E-state index is 0.130. The minimum Gasteiger partial charge on any atom is -0.497 e. The number of hydrazone groups is 2. The van der Waals surface area contributed by atoms with E-state index in [0.717, 1.165) is 0 Å². The molecule has 0 atom stereocenters. The molecule has 0 aliphatic heterocycles. The van der Waals surface area contributed by atoms with Crippen molar-refractivity contribution in [2.75, 3.05) is 20.2 Å². The van der Waals surface area contributed by atoms with Crippen LogP contribution in [0, 0.1) is 0 Å². The second-order valence-electron chi connectivity index (χ2n) is 5.71. The SMILES string of the molecule is COc1ccc(C(=N\NC(=S)NCC(F)(F)F)/C(C)=N/NC(=S)NCC(F)(F)F)cc1. The van der Waals surface area contributed by atoms with Crippen LogP contribution in [0.2, 0.25) is 0 Å². The van der Waals surface area contributed by atoms with Gasteiger partial charge in [0.25, 0.3) is 0 Å². The van der Waals surface area contributed by atoms with Crippen molar-refractivity contribution < 1.29 is 31.1 Å². The summed E-state index contributed by atoms with van der Waals surface area (Å²) in [5.74, 6) is 0.531. The molecule has 0 aliphatic rings. The van der Waals surface area contributed by atoms with Crippen molar-refractivity contribution in [3.05, 3.63) is 29.8 Å². The van der Waals surface area contributed by atoms with Crippen LogP contribution in [-0.4, -0.2) is 54.2 Å². The topological polar surface area (TPSA) is 82.1 Å². The van der Waals surface area contributed by atoms with Crippen LogP contribution in [0.1, 0.15) is 12.5 Å². The summed E-state index contributed by atoms with van der Waals surface area (Å²) < 4.78 is 78.6. The van der Waals surface area contributed by atoms with Crippen LogP contribution in [0.4, 0.5) is 26.3 Å². The molecule has 1 aromatic carbocycles. The molecule has 0 bridgehead atoms. The number of ether oxygens (including phenoxy) is 1. The van der Waals surface area contributed by atoms with Crippen LogP contribution < -0.4 is 26.2 Å². The molecule has 0 aliphatic carbocycles. The zero-order valence-corrected chi connectivity index (χ0v) is 17.7. The predicted molar refractivity (Wildman–Crippen MR) is 112 cm³/mol. The summed E-state index contributed by atoms with van der Waals surface area (Å²) in [5.41, 5.74) is 5.24. The molecule has 1 aromatic rings. The summed E-state index contributed by atoms with van der Waals surface area (Å²) in [6.07, 6.45) is -8.95. The van der Waals surface area contributed by atoms with Crippen molar-refractivity contribution in [1.29, 1.82) is 0 Å². The van der Waals surface area contributed by atoms with Crippen molar-refractivity contribution in [2.24, 2.45) is 10.2 Å². The summed E-state index contributed by atoms with van der Waals surface area (Å²) in [6.45, 7) is -1.26. The molecular formula is C16H18F6N6OS2. The summed E-state index contributed by atoms with van der Waals surface area (Å²) in [5, 5.41) is 10.9. The van der Waals surface area contributed by atoms with Gasteiger partial charge in [0.05, 0.1) is 12.8 Å². The second kappa shape index (κ2) is 11.6. The van der Waals surface area contributed by atoms with Crippen molar-refractivity contribution in [3.8, 4) is 5.75 Å². The number of halogens is 6. The van der Waals surface area contributed by atoms with Crippen LogP contribution >= 0.6 is 24.4 Å². The molecule has 31 heavy (non-hydrogen) atoms. The van der Waals surface area contributed by atoms with E-state index in [9.17, 15) is 26.3 Å². The van der Waals surface area contributed by atoms with Crippen LogP contribution in [0.15, 0.2) is 34.5 Å². The summed E-state index contributed by atoms with van der Waals surface area (Å²) >= 11 is 9.46. The van der Waals surface area contributed by atoms with Gasteiger partial charge in [-0.15, -0.1) is 0 Å². The van der Waals surface area contributed by atoms with Crippen molar-refractivity contribution in [1.82, 2.24) is 21.5 Å².